The summed E-state index contributed by atoms with van der Waals surface area (Å²) in [7, 11) is 0. The van der Waals surface area contributed by atoms with Crippen molar-refractivity contribution in [2.24, 2.45) is 0 Å². The highest BCUT2D eigenvalue weighted by atomic mass is 15.1. The molecule has 0 fully saturated rings. The van der Waals surface area contributed by atoms with Gasteiger partial charge in [-0.1, -0.05) is 12.1 Å². The zero-order chi connectivity index (χ0) is 9.26. The summed E-state index contributed by atoms with van der Waals surface area (Å²) < 4.78 is 2.21. The minimum absolute atomic E-state index is 0.753. The topological polar surface area (TPSA) is 45.5 Å². The SMILES string of the molecule is CCn1c(C[NH3+])nc2ccccc21. The van der Waals surface area contributed by atoms with Crippen molar-refractivity contribution in [3.8, 4) is 0 Å². The Kier molecular flexibility index (Phi) is 2.02. The first-order valence-electron chi connectivity index (χ1n) is 4.60. The number of aryl methyl sites for hydroxylation is 1. The molecule has 0 saturated heterocycles. The number of fused-ring (bicyclic) bond motifs is 1. The summed E-state index contributed by atoms with van der Waals surface area (Å²) in [6, 6.07) is 8.21. The van der Waals surface area contributed by atoms with Crippen molar-refractivity contribution in [1.82, 2.24) is 9.55 Å². The van der Waals surface area contributed by atoms with Crippen LogP contribution in [-0.2, 0) is 13.1 Å². The Labute approximate surface area is 77.2 Å². The summed E-state index contributed by atoms with van der Waals surface area (Å²) in [5, 5.41) is 0. The van der Waals surface area contributed by atoms with E-state index in [1.165, 1.54) is 5.52 Å². The van der Waals surface area contributed by atoms with Gasteiger partial charge in [0.1, 0.15) is 6.54 Å². The minimum atomic E-state index is 0.753. The first-order chi connectivity index (χ1) is 6.36. The van der Waals surface area contributed by atoms with Crippen LogP contribution in [0.25, 0.3) is 11.0 Å². The number of quaternary nitrogens is 1. The summed E-state index contributed by atoms with van der Waals surface area (Å²) in [6.07, 6.45) is 0. The molecule has 3 N–H and O–H groups in total. The first-order valence-corrected chi connectivity index (χ1v) is 4.60. The smallest absolute Gasteiger partial charge is 0.165 e. The molecule has 0 amide bonds. The van der Waals surface area contributed by atoms with E-state index in [2.05, 4.69) is 28.3 Å². The summed E-state index contributed by atoms with van der Waals surface area (Å²) in [4.78, 5) is 4.50. The van der Waals surface area contributed by atoms with E-state index in [9.17, 15) is 0 Å². The van der Waals surface area contributed by atoms with Gasteiger partial charge in [-0.15, -0.1) is 0 Å². The number of nitrogens with zero attached hydrogens (tertiary/aromatic N) is 2. The molecular weight excluding hydrogens is 162 g/mol. The maximum atomic E-state index is 4.50. The van der Waals surface area contributed by atoms with Crippen molar-refractivity contribution in [3.05, 3.63) is 30.1 Å². The summed E-state index contributed by atoms with van der Waals surface area (Å²) in [6.45, 7) is 3.85. The van der Waals surface area contributed by atoms with Crippen LogP contribution in [0, 0.1) is 0 Å². The molecular formula is C10H14N3+. The van der Waals surface area contributed by atoms with E-state index >= 15 is 0 Å². The standard InChI is InChI=1S/C10H13N3/c1-2-13-9-6-4-3-5-8(9)12-10(13)7-11/h3-6H,2,7,11H2,1H3/p+1. The molecule has 0 spiro atoms. The van der Waals surface area contributed by atoms with Crippen molar-refractivity contribution in [3.63, 3.8) is 0 Å². The fraction of sp³-hybridized carbons (Fsp3) is 0.300. The van der Waals surface area contributed by atoms with Crippen molar-refractivity contribution in [1.29, 1.82) is 0 Å². The molecule has 0 saturated carbocycles. The van der Waals surface area contributed by atoms with Crippen LogP contribution in [0.5, 0.6) is 0 Å². The fourth-order valence-corrected chi connectivity index (χ4v) is 1.67. The third kappa shape index (κ3) is 1.21. The van der Waals surface area contributed by atoms with E-state index in [0.29, 0.717) is 0 Å². The lowest BCUT2D eigenvalue weighted by molar-refractivity contribution is -0.388. The maximum absolute atomic E-state index is 4.50. The second-order valence-corrected chi connectivity index (χ2v) is 3.01. The van der Waals surface area contributed by atoms with Crippen molar-refractivity contribution in [2.45, 2.75) is 20.0 Å². The Morgan fingerprint density at radius 1 is 1.38 bits per heavy atom. The molecule has 1 aromatic carbocycles. The average Bonchev–Trinajstić information content (AvgIpc) is 2.55. The van der Waals surface area contributed by atoms with E-state index in [-0.39, 0.29) is 0 Å². The van der Waals surface area contributed by atoms with Gasteiger partial charge in [-0.25, -0.2) is 4.98 Å². The van der Waals surface area contributed by atoms with Crippen LogP contribution in [0.2, 0.25) is 0 Å². The van der Waals surface area contributed by atoms with Crippen LogP contribution in [0.1, 0.15) is 12.7 Å². The molecule has 0 aliphatic heterocycles. The average molecular weight is 176 g/mol. The molecule has 0 radical (unpaired) electrons. The Morgan fingerprint density at radius 3 is 2.85 bits per heavy atom. The Balaban J connectivity index is 2.73. The lowest BCUT2D eigenvalue weighted by Gasteiger charge is -2.01. The fourth-order valence-electron chi connectivity index (χ4n) is 1.67. The molecule has 0 aliphatic carbocycles. The molecule has 0 aliphatic rings. The molecule has 2 aromatic rings. The van der Waals surface area contributed by atoms with Crippen molar-refractivity contribution < 1.29 is 5.73 Å². The van der Waals surface area contributed by atoms with Gasteiger partial charge in [-0.2, -0.15) is 0 Å². The molecule has 3 nitrogen and oxygen atoms in total. The molecule has 1 heterocycles. The van der Waals surface area contributed by atoms with Crippen molar-refractivity contribution >= 4 is 11.0 Å². The summed E-state index contributed by atoms with van der Waals surface area (Å²) in [5.41, 5.74) is 6.16. The largest absolute Gasteiger partial charge is 0.351 e. The highest BCUT2D eigenvalue weighted by Crippen LogP contribution is 2.14. The van der Waals surface area contributed by atoms with Crippen LogP contribution in [0.3, 0.4) is 0 Å². The number of benzene rings is 1. The molecule has 0 atom stereocenters. The number of rotatable bonds is 2. The zero-order valence-corrected chi connectivity index (χ0v) is 7.83. The van der Waals surface area contributed by atoms with Crippen LogP contribution >= 0.6 is 0 Å². The summed E-state index contributed by atoms with van der Waals surface area (Å²) in [5.74, 6) is 1.07. The highest BCUT2D eigenvalue weighted by Gasteiger charge is 2.07. The molecule has 68 valence electrons. The van der Waals surface area contributed by atoms with Crippen molar-refractivity contribution in [2.75, 3.05) is 0 Å². The van der Waals surface area contributed by atoms with Crippen LogP contribution in [0.4, 0.5) is 0 Å². The van der Waals surface area contributed by atoms with Crippen LogP contribution in [0.15, 0.2) is 24.3 Å². The zero-order valence-electron chi connectivity index (χ0n) is 7.83. The highest BCUT2D eigenvalue weighted by molar-refractivity contribution is 5.75. The number of aromatic nitrogens is 2. The molecule has 13 heavy (non-hydrogen) atoms. The Bertz CT molecular complexity index is 417. The number of hydrogen-bond acceptors (Lipinski definition) is 1. The minimum Gasteiger partial charge on any atom is -0.351 e. The second kappa shape index (κ2) is 3.18. The van der Waals surface area contributed by atoms with Crippen LogP contribution < -0.4 is 5.73 Å². The first kappa shape index (κ1) is 8.26. The number of para-hydroxylation sites is 2. The molecule has 3 heteroatoms. The van der Waals surface area contributed by atoms with E-state index < -0.39 is 0 Å². The van der Waals surface area contributed by atoms with Gasteiger partial charge in [-0.05, 0) is 19.1 Å². The van der Waals surface area contributed by atoms with Gasteiger partial charge in [0, 0.05) is 6.54 Å². The lowest BCUT2D eigenvalue weighted by Crippen LogP contribution is -2.48. The summed E-state index contributed by atoms with van der Waals surface area (Å²) >= 11 is 0. The third-order valence-corrected chi connectivity index (χ3v) is 2.27. The quantitative estimate of drug-likeness (QED) is 0.722. The Hall–Kier alpha value is -1.35. The third-order valence-electron chi connectivity index (χ3n) is 2.27. The second-order valence-electron chi connectivity index (χ2n) is 3.01. The number of hydrogen-bond donors (Lipinski definition) is 1. The van der Waals surface area contributed by atoms with E-state index in [4.69, 9.17) is 0 Å². The van der Waals surface area contributed by atoms with Gasteiger partial charge in [0.05, 0.1) is 11.0 Å². The Morgan fingerprint density at radius 2 is 2.15 bits per heavy atom. The molecule has 0 unspecified atom stereocenters. The van der Waals surface area contributed by atoms with Gasteiger partial charge in [0.25, 0.3) is 0 Å². The predicted molar refractivity (Wildman–Crippen MR) is 52.0 cm³/mol. The molecule has 1 aromatic heterocycles. The molecule has 0 bridgehead atoms. The van der Waals surface area contributed by atoms with Gasteiger partial charge in [0.15, 0.2) is 5.82 Å². The van der Waals surface area contributed by atoms with Gasteiger partial charge < -0.3 is 10.3 Å². The van der Waals surface area contributed by atoms with Crippen LogP contribution in [-0.4, -0.2) is 9.55 Å². The van der Waals surface area contributed by atoms with E-state index in [0.717, 1.165) is 24.4 Å². The monoisotopic (exact) mass is 176 g/mol. The van der Waals surface area contributed by atoms with Gasteiger partial charge in [-0.3, -0.25) is 0 Å². The lowest BCUT2D eigenvalue weighted by atomic mass is 10.3. The van der Waals surface area contributed by atoms with E-state index in [1.54, 1.807) is 0 Å². The van der Waals surface area contributed by atoms with Gasteiger partial charge in [0.2, 0.25) is 0 Å². The number of imidazole rings is 1. The normalized spacial score (nSPS) is 10.9. The molecule has 2 rings (SSSR count). The van der Waals surface area contributed by atoms with Gasteiger partial charge >= 0.3 is 0 Å². The maximum Gasteiger partial charge on any atom is 0.165 e. The van der Waals surface area contributed by atoms with E-state index in [1.807, 2.05) is 18.2 Å². The predicted octanol–water partition coefficient (Wildman–Crippen LogP) is 0.798.